The summed E-state index contributed by atoms with van der Waals surface area (Å²) in [5.41, 5.74) is 7.26. The molecule has 9 nitrogen and oxygen atoms in total. The Morgan fingerprint density at radius 1 is 1.33 bits per heavy atom. The Hall–Kier alpha value is -2.62. The largest absolute Gasteiger partial charge is 0.396 e. The summed E-state index contributed by atoms with van der Waals surface area (Å²) in [7, 11) is 0. The maximum atomic E-state index is 12.2. The van der Waals surface area contributed by atoms with Crippen molar-refractivity contribution in [1.29, 1.82) is 0 Å². The third-order valence-electron chi connectivity index (χ3n) is 6.65. The third kappa shape index (κ3) is 5.31. The van der Waals surface area contributed by atoms with Crippen LogP contribution in [0.3, 0.4) is 0 Å². The number of hydrogen-bond acceptors (Lipinski definition) is 8. The second-order valence-corrected chi connectivity index (χ2v) is 10.0. The molecule has 1 aromatic heterocycles. The zero-order chi connectivity index (χ0) is 23.4. The van der Waals surface area contributed by atoms with E-state index in [1.165, 1.54) is 11.3 Å². The average Bonchev–Trinajstić information content (AvgIpc) is 3.42. The summed E-state index contributed by atoms with van der Waals surface area (Å²) in [6.07, 6.45) is 8.69. The lowest BCUT2D eigenvalue weighted by Gasteiger charge is -2.32. The monoisotopic (exact) mass is 474 g/mol. The number of rotatable bonds is 8. The molecule has 1 saturated heterocycles. The number of nitrogens with zero attached hydrogens (tertiary/aromatic N) is 4. The van der Waals surface area contributed by atoms with Crippen LogP contribution in [0.4, 0.5) is 10.0 Å². The molecule has 10 heteroatoms. The lowest BCUT2D eigenvalue weighted by molar-refractivity contribution is -0.129. The number of fused-ring (bicyclic) bond motifs is 1. The molecule has 2 amide bonds. The fourth-order valence-corrected chi connectivity index (χ4v) is 5.88. The van der Waals surface area contributed by atoms with Crippen molar-refractivity contribution in [2.24, 2.45) is 21.9 Å². The van der Waals surface area contributed by atoms with Gasteiger partial charge in [0.2, 0.25) is 5.91 Å². The molecule has 2 unspecified atom stereocenters. The number of piperidine rings is 1. The van der Waals surface area contributed by atoms with E-state index in [4.69, 9.17) is 15.7 Å². The van der Waals surface area contributed by atoms with Crippen LogP contribution in [0.5, 0.6) is 0 Å². The first-order valence-corrected chi connectivity index (χ1v) is 12.8. The number of hydrazone groups is 1. The highest BCUT2D eigenvalue weighted by molar-refractivity contribution is 7.20. The van der Waals surface area contributed by atoms with Gasteiger partial charge in [-0.15, -0.1) is 0 Å². The minimum atomic E-state index is -0.448. The van der Waals surface area contributed by atoms with Crippen LogP contribution in [0.25, 0.3) is 0 Å². The smallest absolute Gasteiger partial charge is 0.251 e. The van der Waals surface area contributed by atoms with Gasteiger partial charge in [-0.05, 0) is 44.6 Å². The van der Waals surface area contributed by atoms with Gasteiger partial charge in [0, 0.05) is 32.3 Å². The average molecular weight is 475 g/mol. The summed E-state index contributed by atoms with van der Waals surface area (Å²) in [5, 5.41) is 16.3. The number of carbonyl (C=O) groups excluding carboxylic acids is 2. The summed E-state index contributed by atoms with van der Waals surface area (Å²) in [6.45, 7) is 5.83. The number of nitrogens with two attached hydrogens (primary N) is 1. The molecule has 0 spiro atoms. The number of hydrogen-bond donors (Lipinski definition) is 2. The standard InChI is InChI=1S/C23H34N6O3S/c1-3-4-12-32-27-19-6-5-7-20-18(19)14-25-29(20)21-13-17(22(24)31)23(33-21)26-16-8-10-28(11-9-16)15(2)30/h13-14,16,18,20,26H,3-12H2,1-2H3,(H2,24,31)/b27-19+. The minimum Gasteiger partial charge on any atom is -0.396 e. The van der Waals surface area contributed by atoms with Gasteiger partial charge in [0.05, 0.1) is 23.2 Å². The number of oxime groups is 1. The van der Waals surface area contributed by atoms with Crippen LogP contribution in [0.15, 0.2) is 16.3 Å². The first-order valence-electron chi connectivity index (χ1n) is 12.0. The van der Waals surface area contributed by atoms with E-state index in [0.29, 0.717) is 12.2 Å². The molecular formula is C23H34N6O3S. The second-order valence-electron chi connectivity index (χ2n) is 8.98. The number of anilines is 2. The molecule has 2 atom stereocenters. The molecule has 3 aliphatic rings. The first kappa shape index (κ1) is 23.5. The molecule has 1 saturated carbocycles. The van der Waals surface area contributed by atoms with Crippen molar-refractivity contribution in [3.63, 3.8) is 0 Å². The zero-order valence-corrected chi connectivity index (χ0v) is 20.3. The maximum Gasteiger partial charge on any atom is 0.251 e. The van der Waals surface area contributed by atoms with Crippen molar-refractivity contribution in [3.8, 4) is 0 Å². The van der Waals surface area contributed by atoms with E-state index in [1.807, 2.05) is 22.2 Å². The lowest BCUT2D eigenvalue weighted by atomic mass is 9.84. The summed E-state index contributed by atoms with van der Waals surface area (Å²) in [4.78, 5) is 31.2. The van der Waals surface area contributed by atoms with Crippen LogP contribution in [-0.2, 0) is 9.63 Å². The van der Waals surface area contributed by atoms with Crippen molar-refractivity contribution in [1.82, 2.24) is 4.90 Å². The molecular weight excluding hydrogens is 440 g/mol. The molecule has 180 valence electrons. The van der Waals surface area contributed by atoms with E-state index in [9.17, 15) is 9.59 Å². The van der Waals surface area contributed by atoms with E-state index in [-0.39, 0.29) is 23.9 Å². The fraction of sp³-hybridized carbons (Fsp3) is 0.652. The molecule has 4 rings (SSSR count). The van der Waals surface area contributed by atoms with Crippen LogP contribution in [-0.4, -0.2) is 60.4 Å². The predicted molar refractivity (Wildman–Crippen MR) is 132 cm³/mol. The van der Waals surface area contributed by atoms with Crippen LogP contribution >= 0.6 is 11.3 Å². The second kappa shape index (κ2) is 10.5. The molecule has 33 heavy (non-hydrogen) atoms. The summed E-state index contributed by atoms with van der Waals surface area (Å²) in [6, 6.07) is 2.23. The van der Waals surface area contributed by atoms with E-state index >= 15 is 0 Å². The lowest BCUT2D eigenvalue weighted by Crippen LogP contribution is -2.41. The quantitative estimate of drug-likeness (QED) is 0.443. The van der Waals surface area contributed by atoms with Gasteiger partial charge in [-0.1, -0.05) is 29.8 Å². The highest BCUT2D eigenvalue weighted by Crippen LogP contribution is 2.41. The summed E-state index contributed by atoms with van der Waals surface area (Å²) < 4.78 is 0. The number of unbranched alkanes of at least 4 members (excludes halogenated alkanes) is 1. The Morgan fingerprint density at radius 2 is 2.12 bits per heavy atom. The predicted octanol–water partition coefficient (Wildman–Crippen LogP) is 3.42. The van der Waals surface area contributed by atoms with Crippen molar-refractivity contribution in [2.45, 2.75) is 70.9 Å². The Kier molecular flexibility index (Phi) is 7.52. The molecule has 0 aromatic carbocycles. The number of likely N-dealkylation sites (tertiary alicyclic amines) is 1. The first-order chi connectivity index (χ1) is 16.0. The normalized spacial score (nSPS) is 24.2. The number of nitrogens with one attached hydrogen (secondary N) is 1. The van der Waals surface area contributed by atoms with Gasteiger partial charge in [-0.3, -0.25) is 14.6 Å². The van der Waals surface area contributed by atoms with E-state index in [0.717, 1.165) is 73.7 Å². The van der Waals surface area contributed by atoms with Gasteiger partial charge in [0.25, 0.3) is 5.91 Å². The van der Waals surface area contributed by atoms with Crippen LogP contribution in [0, 0.1) is 5.92 Å². The topological polar surface area (TPSA) is 113 Å². The molecule has 3 N–H and O–H groups in total. The summed E-state index contributed by atoms with van der Waals surface area (Å²) in [5.74, 6) is -0.208. The number of primary amides is 1. The van der Waals surface area contributed by atoms with Crippen LogP contribution in [0.2, 0.25) is 0 Å². The third-order valence-corrected chi connectivity index (χ3v) is 7.71. The van der Waals surface area contributed by atoms with E-state index in [2.05, 4.69) is 17.4 Å². The Balaban J connectivity index is 1.46. The van der Waals surface area contributed by atoms with Crippen molar-refractivity contribution in [3.05, 3.63) is 11.6 Å². The molecule has 2 aliphatic heterocycles. The van der Waals surface area contributed by atoms with Gasteiger partial charge >= 0.3 is 0 Å². The van der Waals surface area contributed by atoms with Gasteiger partial charge < -0.3 is 20.8 Å². The molecule has 2 fully saturated rings. The highest BCUT2D eigenvalue weighted by Gasteiger charge is 2.39. The number of carbonyl (C=O) groups is 2. The summed E-state index contributed by atoms with van der Waals surface area (Å²) >= 11 is 1.52. The Bertz CT molecular complexity index is 921. The van der Waals surface area contributed by atoms with E-state index < -0.39 is 5.91 Å². The van der Waals surface area contributed by atoms with Crippen LogP contribution < -0.4 is 16.1 Å². The van der Waals surface area contributed by atoms with Crippen molar-refractivity contribution in [2.75, 3.05) is 30.0 Å². The number of amides is 2. The van der Waals surface area contributed by atoms with Gasteiger partial charge in [-0.25, -0.2) is 0 Å². The van der Waals surface area contributed by atoms with Crippen molar-refractivity contribution >= 4 is 45.1 Å². The van der Waals surface area contributed by atoms with E-state index in [1.54, 1.807) is 6.92 Å². The molecule has 1 aromatic rings. The zero-order valence-electron chi connectivity index (χ0n) is 19.5. The molecule has 1 aliphatic carbocycles. The van der Waals surface area contributed by atoms with Gasteiger partial charge in [0.15, 0.2) is 0 Å². The van der Waals surface area contributed by atoms with Crippen LogP contribution in [0.1, 0.15) is 69.2 Å². The fourth-order valence-electron chi connectivity index (χ4n) is 4.72. The Labute approximate surface area is 199 Å². The molecule has 0 radical (unpaired) electrons. The number of thiophene rings is 1. The Morgan fingerprint density at radius 3 is 2.82 bits per heavy atom. The molecule has 0 bridgehead atoms. The van der Waals surface area contributed by atoms with Gasteiger partial charge in [-0.2, -0.15) is 5.10 Å². The minimum absolute atomic E-state index is 0.109. The van der Waals surface area contributed by atoms with Crippen molar-refractivity contribution < 1.29 is 14.4 Å². The van der Waals surface area contributed by atoms with Gasteiger partial charge in [0.1, 0.15) is 16.6 Å². The highest BCUT2D eigenvalue weighted by atomic mass is 32.1. The SMILES string of the molecule is CCCCO/N=C1\CCCC2C1C=NN2c1cc(C(N)=O)c(NC2CCN(C(C)=O)CC2)s1. The molecule has 3 heterocycles. The maximum absolute atomic E-state index is 12.2.